The van der Waals surface area contributed by atoms with Crippen LogP contribution in [0.5, 0.6) is 5.75 Å². The van der Waals surface area contributed by atoms with Crippen LogP contribution in [0, 0.1) is 11.8 Å². The molecule has 1 saturated carbocycles. The first kappa shape index (κ1) is 36.1. The molecule has 4 aliphatic rings. The highest BCUT2D eigenvalue weighted by Gasteiger charge is 2.60. The van der Waals surface area contributed by atoms with Crippen molar-refractivity contribution in [2.45, 2.75) is 81.1 Å². The number of halogens is 4. The van der Waals surface area contributed by atoms with Gasteiger partial charge < -0.3 is 24.1 Å². The number of methoxy groups -OCH3 is 2. The highest BCUT2D eigenvalue weighted by molar-refractivity contribution is 5.88. The lowest BCUT2D eigenvalue weighted by atomic mass is 9.84. The smallest absolute Gasteiger partial charge is 0.416 e. The second-order valence-corrected chi connectivity index (χ2v) is 14.5. The largest absolute Gasteiger partial charge is 0.497 e. The van der Waals surface area contributed by atoms with Crippen LogP contribution in [0.25, 0.3) is 0 Å². The van der Waals surface area contributed by atoms with Crippen molar-refractivity contribution < 1.29 is 41.4 Å². The van der Waals surface area contributed by atoms with Gasteiger partial charge in [-0.05, 0) is 67.0 Å². The molecular formula is C38H47F4N3O5. The summed E-state index contributed by atoms with van der Waals surface area (Å²) in [7, 11) is 2.88. The molecule has 6 rings (SSSR count). The van der Waals surface area contributed by atoms with E-state index < -0.39 is 34.8 Å². The summed E-state index contributed by atoms with van der Waals surface area (Å²) in [6.07, 6.45) is 0.871. The van der Waals surface area contributed by atoms with Gasteiger partial charge in [0.1, 0.15) is 12.0 Å². The summed E-state index contributed by atoms with van der Waals surface area (Å²) in [4.78, 5) is 44.6. The molecule has 4 atom stereocenters. The quantitative estimate of drug-likeness (QED) is 0.171. The molecule has 3 saturated heterocycles. The first-order chi connectivity index (χ1) is 23.9. The minimum Gasteiger partial charge on any atom is -0.497 e. The normalized spacial score (nSPS) is 27.5. The number of aldehydes is 1. The number of piperidine rings is 1. The maximum Gasteiger partial charge on any atom is 0.416 e. The van der Waals surface area contributed by atoms with Crippen molar-refractivity contribution in [1.29, 1.82) is 0 Å². The average molecular weight is 702 g/mol. The van der Waals surface area contributed by atoms with Crippen molar-refractivity contribution in [2.75, 3.05) is 58.4 Å². The number of carbonyl (C=O) groups excluding carboxylic acids is 3. The van der Waals surface area contributed by atoms with Crippen molar-refractivity contribution in [3.63, 3.8) is 0 Å². The number of benzene rings is 2. The topological polar surface area (TPSA) is 79.4 Å². The Hall–Kier alpha value is -3.67. The number of nitrogens with zero attached hydrogens (tertiary/aromatic N) is 3. The molecule has 0 spiro atoms. The summed E-state index contributed by atoms with van der Waals surface area (Å²) >= 11 is 0. The minimum absolute atomic E-state index is 0.112. The van der Waals surface area contributed by atoms with E-state index in [2.05, 4.69) is 0 Å². The van der Waals surface area contributed by atoms with Gasteiger partial charge in [-0.15, -0.1) is 0 Å². The van der Waals surface area contributed by atoms with Crippen LogP contribution in [0.4, 0.5) is 23.2 Å². The Bertz CT molecular complexity index is 1550. The lowest BCUT2D eigenvalue weighted by Gasteiger charge is -2.35. The van der Waals surface area contributed by atoms with Crippen LogP contribution in [-0.2, 0) is 25.3 Å². The molecule has 3 aliphatic heterocycles. The number of hydrogen-bond donors (Lipinski definition) is 0. The highest BCUT2D eigenvalue weighted by Crippen LogP contribution is 2.49. The van der Waals surface area contributed by atoms with Crippen LogP contribution < -0.4 is 9.64 Å². The number of esters is 1. The first-order valence-corrected chi connectivity index (χ1v) is 17.7. The van der Waals surface area contributed by atoms with Gasteiger partial charge in [0.2, 0.25) is 5.67 Å². The molecule has 0 aromatic heterocycles. The summed E-state index contributed by atoms with van der Waals surface area (Å²) in [5.74, 6) is -1.94. The predicted molar refractivity (Wildman–Crippen MR) is 180 cm³/mol. The number of ether oxygens (including phenoxy) is 2. The Kier molecular flexibility index (Phi) is 10.2. The van der Waals surface area contributed by atoms with E-state index in [1.54, 1.807) is 36.3 Å². The Morgan fingerprint density at radius 1 is 0.980 bits per heavy atom. The highest BCUT2D eigenvalue weighted by atomic mass is 19.4. The van der Waals surface area contributed by atoms with Gasteiger partial charge in [0.15, 0.2) is 0 Å². The Labute approximate surface area is 291 Å². The second kappa shape index (κ2) is 14.2. The molecule has 0 radical (unpaired) electrons. The number of hydrogen-bond acceptors (Lipinski definition) is 7. The van der Waals surface area contributed by atoms with Gasteiger partial charge in [-0.1, -0.05) is 44.4 Å². The van der Waals surface area contributed by atoms with Crippen LogP contribution >= 0.6 is 0 Å². The number of alkyl halides is 4. The lowest BCUT2D eigenvalue weighted by molar-refractivity contribution is -0.146. The van der Waals surface area contributed by atoms with Crippen molar-refractivity contribution >= 4 is 23.9 Å². The molecule has 12 heteroatoms. The molecule has 272 valence electrons. The molecule has 2 aromatic carbocycles. The van der Waals surface area contributed by atoms with Crippen molar-refractivity contribution in [3.05, 3.63) is 59.2 Å². The fraction of sp³-hybridized carbons (Fsp3) is 0.605. The Balaban J connectivity index is 1.31. The van der Waals surface area contributed by atoms with Gasteiger partial charge in [0, 0.05) is 56.8 Å². The number of anilines is 1. The summed E-state index contributed by atoms with van der Waals surface area (Å²) in [5.41, 5.74) is -2.12. The molecule has 4 fully saturated rings. The molecule has 2 aromatic rings. The molecule has 8 nitrogen and oxygen atoms in total. The molecular weight excluding hydrogens is 654 g/mol. The number of likely N-dealkylation sites (tertiary alicyclic amines) is 2. The first-order valence-electron chi connectivity index (χ1n) is 17.7. The van der Waals surface area contributed by atoms with E-state index in [0.717, 1.165) is 25.2 Å². The Morgan fingerprint density at radius 3 is 2.24 bits per heavy atom. The summed E-state index contributed by atoms with van der Waals surface area (Å²) in [6, 6.07) is 10.8. The average Bonchev–Trinajstić information content (AvgIpc) is 3.88. The summed E-state index contributed by atoms with van der Waals surface area (Å²) in [6.45, 7) is 3.18. The second-order valence-electron chi connectivity index (χ2n) is 14.5. The SMILES string of the molecule is CC[C@H]1CN(C(=O)[C@]2(F)CN(C3(C=O)CCCC3)C[C@H]2c2ccc(OC)cc2)C[C@@H]1c1ccc(C(F)(F)F)cc1N1CCC(C(=O)OC)CC1. The van der Waals surface area contributed by atoms with E-state index in [0.29, 0.717) is 67.8 Å². The van der Waals surface area contributed by atoms with Crippen LogP contribution in [0.2, 0.25) is 0 Å². The van der Waals surface area contributed by atoms with E-state index in [9.17, 15) is 27.6 Å². The standard InChI is InChI=1S/C38H47F4N3O5/c1-4-25-20-44(21-31(25)30-12-9-28(38(40,41)42)19-33(30)43-17-13-27(14-18-43)34(47)50-3)35(48)37(39)23-45(36(24-46)15-5-6-16-36)22-32(37)26-7-10-29(49-2)11-8-26/h7-12,19,24-25,27,31-32H,4-6,13-18,20-23H2,1-3H3/t25-,31-,32-,37-/m0/s1. The zero-order chi connectivity index (χ0) is 35.8. The maximum atomic E-state index is 17.8. The third kappa shape index (κ3) is 6.60. The summed E-state index contributed by atoms with van der Waals surface area (Å²) in [5, 5.41) is 0. The van der Waals surface area contributed by atoms with Gasteiger partial charge in [-0.2, -0.15) is 13.2 Å². The van der Waals surface area contributed by atoms with E-state index in [4.69, 9.17) is 9.47 Å². The van der Waals surface area contributed by atoms with Gasteiger partial charge in [-0.25, -0.2) is 4.39 Å². The van der Waals surface area contributed by atoms with E-state index in [1.807, 2.05) is 16.7 Å². The molecule has 1 amide bonds. The lowest BCUT2D eigenvalue weighted by Crippen LogP contribution is -2.52. The van der Waals surface area contributed by atoms with Crippen LogP contribution in [0.1, 0.15) is 80.4 Å². The van der Waals surface area contributed by atoms with Crippen molar-refractivity contribution in [3.8, 4) is 5.75 Å². The van der Waals surface area contributed by atoms with Gasteiger partial charge in [0.05, 0.1) is 31.2 Å². The monoisotopic (exact) mass is 701 g/mol. The molecule has 0 bridgehead atoms. The molecule has 3 heterocycles. The zero-order valence-corrected chi connectivity index (χ0v) is 29.0. The van der Waals surface area contributed by atoms with Gasteiger partial charge in [-0.3, -0.25) is 14.5 Å². The van der Waals surface area contributed by atoms with E-state index >= 15 is 4.39 Å². The van der Waals surface area contributed by atoms with Crippen LogP contribution in [0.3, 0.4) is 0 Å². The third-order valence-electron chi connectivity index (χ3n) is 11.9. The van der Waals surface area contributed by atoms with E-state index in [-0.39, 0.29) is 49.9 Å². The van der Waals surface area contributed by atoms with Crippen molar-refractivity contribution in [1.82, 2.24) is 9.80 Å². The van der Waals surface area contributed by atoms with Gasteiger partial charge >= 0.3 is 12.1 Å². The molecule has 50 heavy (non-hydrogen) atoms. The van der Waals surface area contributed by atoms with Crippen LogP contribution in [-0.4, -0.2) is 92.7 Å². The number of carbonyl (C=O) groups is 3. The maximum absolute atomic E-state index is 17.8. The fourth-order valence-electron chi connectivity index (χ4n) is 8.97. The molecule has 0 N–H and O–H groups in total. The van der Waals surface area contributed by atoms with Gasteiger partial charge in [0.25, 0.3) is 5.91 Å². The predicted octanol–water partition coefficient (Wildman–Crippen LogP) is 6.37. The molecule has 0 unspecified atom stereocenters. The zero-order valence-electron chi connectivity index (χ0n) is 29.0. The fourth-order valence-corrected chi connectivity index (χ4v) is 8.97. The van der Waals surface area contributed by atoms with Crippen LogP contribution in [0.15, 0.2) is 42.5 Å². The molecule has 1 aliphatic carbocycles. The van der Waals surface area contributed by atoms with Crippen molar-refractivity contribution in [2.24, 2.45) is 11.8 Å². The third-order valence-corrected chi connectivity index (χ3v) is 11.9. The minimum atomic E-state index is -4.55. The summed E-state index contributed by atoms with van der Waals surface area (Å²) < 4.78 is 70.0. The number of rotatable bonds is 9. The number of amides is 1. The Morgan fingerprint density at radius 2 is 1.66 bits per heavy atom. The van der Waals surface area contributed by atoms with E-state index in [1.165, 1.54) is 19.2 Å².